The first-order chi connectivity index (χ1) is 12.9. The number of imidazole rings is 1. The van der Waals surface area contributed by atoms with Crippen LogP contribution in [-0.2, 0) is 12.6 Å². The molecule has 2 rings (SSSR count). The van der Waals surface area contributed by atoms with Gasteiger partial charge in [-0.3, -0.25) is 0 Å². The molecule has 0 aliphatic rings. The number of aromatic nitrogens is 2. The van der Waals surface area contributed by atoms with Crippen molar-refractivity contribution in [2.24, 2.45) is 0 Å². The molecule has 0 saturated heterocycles. The van der Waals surface area contributed by atoms with Crippen LogP contribution in [0.3, 0.4) is 0 Å². The maximum absolute atomic E-state index is 2.55. The van der Waals surface area contributed by atoms with Crippen molar-refractivity contribution < 1.29 is 4.57 Å². The molecule has 0 amide bonds. The van der Waals surface area contributed by atoms with Gasteiger partial charge in [0, 0.05) is 0 Å². The van der Waals surface area contributed by atoms with Crippen LogP contribution in [0.4, 0.5) is 0 Å². The first-order valence-corrected chi connectivity index (χ1v) is 14.0. The number of hydrogen-bond donors (Lipinski definition) is 0. The first-order valence-electron chi connectivity index (χ1n) is 11.0. The summed E-state index contributed by atoms with van der Waals surface area (Å²) in [5.41, 5.74) is 2.76. The third-order valence-corrected chi connectivity index (χ3v) is 13.3. The lowest BCUT2D eigenvalue weighted by Crippen LogP contribution is -2.38. The molecule has 4 heteroatoms. The van der Waals surface area contributed by atoms with E-state index in [2.05, 4.69) is 123 Å². The number of nitrogens with zero attached hydrogens (tertiary/aromatic N) is 2. The minimum Gasteiger partial charge on any atom is -0.226 e. The molecule has 0 radical (unpaired) electrons. The zero-order valence-electron chi connectivity index (χ0n) is 21.1. The summed E-state index contributed by atoms with van der Waals surface area (Å²) in [6.07, 6.45) is 4.67. The SMILES string of the molecule is CC(C)(C)P(Cn1c[n+](CP(C(C)(C)C)C(C)(C)C)c2ccccc21)C(C)(C)C. The summed E-state index contributed by atoms with van der Waals surface area (Å²) in [5, 5.41) is 1.31. The van der Waals surface area contributed by atoms with Crippen LogP contribution in [-0.4, -0.2) is 25.2 Å². The molecular formula is C25H45N2P2+. The molecule has 0 unspecified atom stereocenters. The van der Waals surface area contributed by atoms with E-state index < -0.39 is 0 Å². The Morgan fingerprint density at radius 1 is 0.690 bits per heavy atom. The van der Waals surface area contributed by atoms with Gasteiger partial charge in [-0.2, -0.15) is 0 Å². The van der Waals surface area contributed by atoms with Crippen molar-refractivity contribution in [3.63, 3.8) is 0 Å². The van der Waals surface area contributed by atoms with Gasteiger partial charge in [0.2, 0.25) is 6.33 Å². The van der Waals surface area contributed by atoms with Gasteiger partial charge in [-0.15, -0.1) is 0 Å². The minimum atomic E-state index is -0.189. The lowest BCUT2D eigenvalue weighted by Gasteiger charge is -2.40. The largest absolute Gasteiger partial charge is 0.245 e. The van der Waals surface area contributed by atoms with E-state index in [1.54, 1.807) is 0 Å². The zero-order chi connectivity index (χ0) is 22.4. The average Bonchev–Trinajstić information content (AvgIpc) is 2.84. The van der Waals surface area contributed by atoms with Crippen LogP contribution in [0.1, 0.15) is 83.1 Å². The number of fused-ring (bicyclic) bond motifs is 1. The highest BCUT2D eigenvalue weighted by Gasteiger charge is 2.39. The molecule has 1 heterocycles. The Morgan fingerprint density at radius 3 is 1.59 bits per heavy atom. The second kappa shape index (κ2) is 8.24. The van der Waals surface area contributed by atoms with E-state index in [4.69, 9.17) is 0 Å². The van der Waals surface area contributed by atoms with Crippen LogP contribution in [0, 0.1) is 0 Å². The van der Waals surface area contributed by atoms with E-state index in [9.17, 15) is 0 Å². The lowest BCUT2D eigenvalue weighted by atomic mass is 10.2. The molecule has 0 N–H and O–H groups in total. The van der Waals surface area contributed by atoms with E-state index in [0.717, 1.165) is 12.6 Å². The third kappa shape index (κ3) is 6.04. The maximum Gasteiger partial charge on any atom is 0.245 e. The molecule has 29 heavy (non-hydrogen) atoms. The molecule has 0 aliphatic carbocycles. The predicted octanol–water partition coefficient (Wildman–Crippen LogP) is 8.00. The predicted molar refractivity (Wildman–Crippen MR) is 135 cm³/mol. The molecular weight excluding hydrogens is 390 g/mol. The lowest BCUT2D eigenvalue weighted by molar-refractivity contribution is -0.652. The summed E-state index contributed by atoms with van der Waals surface area (Å²) < 4.78 is 5.10. The van der Waals surface area contributed by atoms with Gasteiger partial charge in [0.15, 0.2) is 11.0 Å². The Kier molecular flexibility index (Phi) is 7.05. The molecule has 0 atom stereocenters. The van der Waals surface area contributed by atoms with Crippen LogP contribution in [0.5, 0.6) is 0 Å². The number of hydrogen-bond acceptors (Lipinski definition) is 0. The van der Waals surface area contributed by atoms with Gasteiger partial charge in [0.05, 0.1) is 0 Å². The molecule has 1 aromatic carbocycles. The summed E-state index contributed by atoms with van der Waals surface area (Å²) in [7, 11) is -0.379. The quantitative estimate of drug-likeness (QED) is 0.340. The van der Waals surface area contributed by atoms with Crippen LogP contribution in [0.15, 0.2) is 30.6 Å². The van der Waals surface area contributed by atoms with E-state index in [0.29, 0.717) is 20.6 Å². The second-order valence-corrected chi connectivity index (χ2v) is 20.0. The summed E-state index contributed by atoms with van der Waals surface area (Å²) in [6.45, 7) is 29.0. The van der Waals surface area contributed by atoms with Crippen LogP contribution < -0.4 is 4.57 Å². The summed E-state index contributed by atoms with van der Waals surface area (Å²) in [4.78, 5) is 0. The standard InChI is InChI=1S/C25H45N2P2/c1-22(2,3)28(23(4,5)6)18-26-17-27(21-16-14-13-15-20(21)26)19-29(24(7,8)9)25(10,11)12/h13-17H,18-19H2,1-12H3/q+1. The normalized spacial score (nSPS) is 14.4. The van der Waals surface area contributed by atoms with Gasteiger partial charge < -0.3 is 0 Å². The van der Waals surface area contributed by atoms with Crippen LogP contribution in [0.2, 0.25) is 0 Å². The fourth-order valence-corrected chi connectivity index (χ4v) is 11.4. The Morgan fingerprint density at radius 2 is 1.14 bits per heavy atom. The second-order valence-electron chi connectivity index (χ2n) is 12.4. The first kappa shape index (κ1) is 24.8. The smallest absolute Gasteiger partial charge is 0.226 e. The fraction of sp³-hybridized carbons (Fsp3) is 0.720. The van der Waals surface area contributed by atoms with Crippen molar-refractivity contribution in [2.45, 2.75) is 116 Å². The monoisotopic (exact) mass is 435 g/mol. The maximum atomic E-state index is 2.55. The molecule has 0 spiro atoms. The molecule has 2 nitrogen and oxygen atoms in total. The molecule has 0 bridgehead atoms. The van der Waals surface area contributed by atoms with Gasteiger partial charge >= 0.3 is 0 Å². The Bertz CT molecular complexity index is 728. The Hall–Kier alpha value is -0.450. The molecule has 0 fully saturated rings. The van der Waals surface area contributed by atoms with Gasteiger partial charge in [-0.25, -0.2) is 9.13 Å². The van der Waals surface area contributed by atoms with Crippen LogP contribution in [0.25, 0.3) is 11.0 Å². The average molecular weight is 436 g/mol. The van der Waals surface area contributed by atoms with Crippen molar-refractivity contribution in [1.82, 2.24) is 4.57 Å². The fourth-order valence-electron chi connectivity index (χ4n) is 4.63. The van der Waals surface area contributed by atoms with Crippen molar-refractivity contribution in [2.75, 3.05) is 0 Å². The highest BCUT2D eigenvalue weighted by molar-refractivity contribution is 7.60. The Balaban J connectivity index is 2.53. The molecule has 0 aliphatic heterocycles. The van der Waals surface area contributed by atoms with Crippen LogP contribution >= 0.6 is 15.8 Å². The number of benzene rings is 1. The van der Waals surface area contributed by atoms with E-state index in [1.807, 2.05) is 0 Å². The number of para-hydroxylation sites is 2. The van der Waals surface area contributed by atoms with Crippen molar-refractivity contribution in [3.8, 4) is 0 Å². The minimum absolute atomic E-state index is 0.189. The van der Waals surface area contributed by atoms with E-state index in [1.165, 1.54) is 11.0 Å². The van der Waals surface area contributed by atoms with Gasteiger partial charge in [0.1, 0.15) is 12.6 Å². The summed E-state index contributed by atoms with van der Waals surface area (Å²) >= 11 is 0. The van der Waals surface area contributed by atoms with E-state index >= 15 is 0 Å². The topological polar surface area (TPSA) is 8.81 Å². The summed E-state index contributed by atoms with van der Waals surface area (Å²) in [5.74, 6) is 0. The van der Waals surface area contributed by atoms with Crippen molar-refractivity contribution >= 4 is 26.9 Å². The molecule has 2 aromatic rings. The highest BCUT2D eigenvalue weighted by Crippen LogP contribution is 2.61. The van der Waals surface area contributed by atoms with E-state index in [-0.39, 0.29) is 15.8 Å². The highest BCUT2D eigenvalue weighted by atomic mass is 31.1. The molecule has 164 valence electrons. The third-order valence-electron chi connectivity index (χ3n) is 5.61. The number of rotatable bonds is 4. The Labute approximate surface area is 183 Å². The van der Waals surface area contributed by atoms with Gasteiger partial charge in [-0.1, -0.05) is 111 Å². The summed E-state index contributed by atoms with van der Waals surface area (Å²) in [6, 6.07) is 8.99. The zero-order valence-corrected chi connectivity index (χ0v) is 22.9. The van der Waals surface area contributed by atoms with Gasteiger partial charge in [0.25, 0.3) is 0 Å². The van der Waals surface area contributed by atoms with Crippen molar-refractivity contribution in [1.29, 1.82) is 0 Å². The van der Waals surface area contributed by atoms with Gasteiger partial charge in [-0.05, 0) is 32.8 Å². The molecule has 1 aromatic heterocycles. The molecule has 0 saturated carbocycles. The van der Waals surface area contributed by atoms with Crippen molar-refractivity contribution in [3.05, 3.63) is 30.6 Å².